The molecule has 2 N–H and O–H groups in total. The first-order valence-electron chi connectivity index (χ1n) is 8.05. The van der Waals surface area contributed by atoms with Crippen molar-refractivity contribution in [2.45, 2.75) is 13.5 Å². The minimum atomic E-state index is 0.550. The van der Waals surface area contributed by atoms with Crippen molar-refractivity contribution >= 4 is 29.1 Å². The highest BCUT2D eigenvalue weighted by atomic mass is 35.5. The van der Waals surface area contributed by atoms with Crippen molar-refractivity contribution in [2.24, 2.45) is 0 Å². The van der Waals surface area contributed by atoms with Crippen LogP contribution in [0.15, 0.2) is 60.8 Å². The zero-order chi connectivity index (χ0) is 17.5. The topological polar surface area (TPSA) is 59.1 Å². The lowest BCUT2D eigenvalue weighted by atomic mass is 10.2. The first kappa shape index (κ1) is 17.0. The predicted molar refractivity (Wildman–Crippen MR) is 102 cm³/mol. The Labute approximate surface area is 152 Å². The number of nitrogens with zero attached hydrogens (tertiary/aromatic N) is 2. The molecular formula is C19H19ClN4O. The van der Waals surface area contributed by atoms with Crippen molar-refractivity contribution in [3.63, 3.8) is 0 Å². The van der Waals surface area contributed by atoms with E-state index in [1.165, 1.54) is 0 Å². The fraction of sp³-hybridized carbons (Fsp3) is 0.158. The smallest absolute Gasteiger partial charge is 0.224 e. The molecule has 0 fully saturated rings. The highest BCUT2D eigenvalue weighted by Gasteiger charge is 2.05. The maximum Gasteiger partial charge on any atom is 0.224 e. The van der Waals surface area contributed by atoms with Crippen molar-refractivity contribution in [1.29, 1.82) is 0 Å². The molecule has 0 amide bonds. The summed E-state index contributed by atoms with van der Waals surface area (Å²) < 4.78 is 5.62. The van der Waals surface area contributed by atoms with Crippen molar-refractivity contribution in [3.05, 3.63) is 71.4 Å². The first-order chi connectivity index (χ1) is 12.2. The second-order valence-electron chi connectivity index (χ2n) is 5.30. The molecule has 0 saturated heterocycles. The molecule has 0 radical (unpaired) electrons. The van der Waals surface area contributed by atoms with Gasteiger partial charge >= 0.3 is 0 Å². The van der Waals surface area contributed by atoms with Gasteiger partial charge in [0.05, 0.1) is 12.3 Å². The van der Waals surface area contributed by atoms with Crippen LogP contribution in [0, 0.1) is 0 Å². The number of nitrogens with one attached hydrogen (secondary N) is 2. The molecule has 0 spiro atoms. The van der Waals surface area contributed by atoms with Gasteiger partial charge in [0.25, 0.3) is 0 Å². The van der Waals surface area contributed by atoms with Crippen LogP contribution in [0.3, 0.4) is 0 Å². The summed E-state index contributed by atoms with van der Waals surface area (Å²) in [4.78, 5) is 8.74. The van der Waals surface area contributed by atoms with E-state index in [4.69, 9.17) is 16.3 Å². The predicted octanol–water partition coefficient (Wildman–Crippen LogP) is 4.88. The fourth-order valence-electron chi connectivity index (χ4n) is 2.29. The van der Waals surface area contributed by atoms with Crippen LogP contribution >= 0.6 is 11.6 Å². The van der Waals surface area contributed by atoms with E-state index < -0.39 is 0 Å². The average molecular weight is 355 g/mol. The minimum absolute atomic E-state index is 0.550. The zero-order valence-corrected chi connectivity index (χ0v) is 14.6. The number of anilines is 3. The van der Waals surface area contributed by atoms with E-state index in [0.717, 1.165) is 22.0 Å². The highest BCUT2D eigenvalue weighted by molar-refractivity contribution is 6.30. The molecule has 25 heavy (non-hydrogen) atoms. The summed E-state index contributed by atoms with van der Waals surface area (Å²) in [6.45, 7) is 3.19. The summed E-state index contributed by atoms with van der Waals surface area (Å²) in [5.74, 6) is 2.04. The largest absolute Gasteiger partial charge is 0.492 e. The molecular weight excluding hydrogens is 336 g/mol. The number of hydrogen-bond donors (Lipinski definition) is 2. The third-order valence-corrected chi connectivity index (χ3v) is 3.72. The van der Waals surface area contributed by atoms with Crippen LogP contribution in [0.4, 0.5) is 17.5 Å². The third kappa shape index (κ3) is 4.84. The van der Waals surface area contributed by atoms with Gasteiger partial charge in [-0.1, -0.05) is 35.9 Å². The quantitative estimate of drug-likeness (QED) is 0.633. The summed E-state index contributed by atoms with van der Waals surface area (Å²) in [5, 5.41) is 7.20. The van der Waals surface area contributed by atoms with Crippen LogP contribution in [0.1, 0.15) is 12.5 Å². The maximum atomic E-state index is 5.90. The number of halogens is 1. The van der Waals surface area contributed by atoms with E-state index in [9.17, 15) is 0 Å². The van der Waals surface area contributed by atoms with Crippen molar-refractivity contribution in [2.75, 3.05) is 17.2 Å². The van der Waals surface area contributed by atoms with Crippen LogP contribution in [-0.4, -0.2) is 16.6 Å². The normalized spacial score (nSPS) is 10.3. The highest BCUT2D eigenvalue weighted by Crippen LogP contribution is 2.26. The Hall–Kier alpha value is -2.79. The van der Waals surface area contributed by atoms with Crippen molar-refractivity contribution in [3.8, 4) is 5.75 Å². The van der Waals surface area contributed by atoms with Gasteiger partial charge < -0.3 is 15.4 Å². The van der Waals surface area contributed by atoms with Gasteiger partial charge in [-0.2, -0.15) is 4.98 Å². The molecule has 1 heterocycles. The Bertz CT molecular complexity index is 824. The summed E-state index contributed by atoms with van der Waals surface area (Å²) >= 11 is 5.90. The molecule has 0 aliphatic rings. The minimum Gasteiger partial charge on any atom is -0.492 e. The Morgan fingerprint density at radius 3 is 2.64 bits per heavy atom. The molecule has 0 unspecified atom stereocenters. The number of ether oxygens (including phenoxy) is 1. The van der Waals surface area contributed by atoms with Gasteiger partial charge in [-0.3, -0.25) is 0 Å². The summed E-state index contributed by atoms with van der Waals surface area (Å²) in [5.41, 5.74) is 1.97. The number of aromatic nitrogens is 2. The molecule has 0 saturated carbocycles. The van der Waals surface area contributed by atoms with Gasteiger partial charge in [0.1, 0.15) is 11.6 Å². The average Bonchev–Trinajstić information content (AvgIpc) is 2.63. The van der Waals surface area contributed by atoms with Crippen molar-refractivity contribution < 1.29 is 4.74 Å². The molecule has 0 aliphatic heterocycles. The lowest BCUT2D eigenvalue weighted by Crippen LogP contribution is -2.05. The van der Waals surface area contributed by atoms with Crippen LogP contribution < -0.4 is 15.4 Å². The molecule has 3 rings (SSSR count). The number of benzene rings is 2. The molecule has 2 aromatic carbocycles. The Kier molecular flexibility index (Phi) is 5.69. The first-order valence-corrected chi connectivity index (χ1v) is 8.42. The van der Waals surface area contributed by atoms with E-state index in [2.05, 4.69) is 20.6 Å². The van der Waals surface area contributed by atoms with E-state index in [-0.39, 0.29) is 0 Å². The molecule has 0 aliphatic carbocycles. The fourth-order valence-corrected chi connectivity index (χ4v) is 2.41. The van der Waals surface area contributed by atoms with Crippen LogP contribution in [-0.2, 0) is 6.54 Å². The molecule has 3 aromatic rings. The second kappa shape index (κ2) is 8.35. The van der Waals surface area contributed by atoms with E-state index in [0.29, 0.717) is 24.9 Å². The SMILES string of the molecule is CCOc1ccccc1Nc1ccnc(NCc2ccc(Cl)cc2)n1. The second-order valence-corrected chi connectivity index (χ2v) is 5.74. The van der Waals surface area contributed by atoms with Gasteiger partial charge in [0.15, 0.2) is 0 Å². The molecule has 0 atom stereocenters. The molecule has 128 valence electrons. The number of rotatable bonds is 7. The molecule has 0 bridgehead atoms. The van der Waals surface area contributed by atoms with Gasteiger partial charge in [0.2, 0.25) is 5.95 Å². The summed E-state index contributed by atoms with van der Waals surface area (Å²) in [6.07, 6.45) is 1.71. The van der Waals surface area contributed by atoms with Crippen LogP contribution in [0.5, 0.6) is 5.75 Å². The Morgan fingerprint density at radius 1 is 1.04 bits per heavy atom. The lowest BCUT2D eigenvalue weighted by molar-refractivity contribution is 0.342. The van der Waals surface area contributed by atoms with Gasteiger partial charge in [0, 0.05) is 17.8 Å². The van der Waals surface area contributed by atoms with Gasteiger partial charge in [-0.05, 0) is 42.8 Å². The monoisotopic (exact) mass is 354 g/mol. The third-order valence-electron chi connectivity index (χ3n) is 3.47. The maximum absolute atomic E-state index is 5.90. The van der Waals surface area contributed by atoms with Crippen LogP contribution in [0.2, 0.25) is 5.02 Å². The number of para-hydroxylation sites is 2. The van der Waals surface area contributed by atoms with Crippen LogP contribution in [0.25, 0.3) is 0 Å². The molecule has 1 aromatic heterocycles. The Morgan fingerprint density at radius 2 is 1.84 bits per heavy atom. The standard InChI is InChI=1S/C19H19ClN4O/c1-2-25-17-6-4-3-5-16(17)23-18-11-12-21-19(24-18)22-13-14-7-9-15(20)10-8-14/h3-12H,2,13H2,1H3,(H2,21,22,23,24). The molecule has 5 nitrogen and oxygen atoms in total. The summed E-state index contributed by atoms with van der Waals surface area (Å²) in [7, 11) is 0. The van der Waals surface area contributed by atoms with E-state index in [1.54, 1.807) is 6.20 Å². The van der Waals surface area contributed by atoms with Gasteiger partial charge in [-0.15, -0.1) is 0 Å². The van der Waals surface area contributed by atoms with Crippen molar-refractivity contribution in [1.82, 2.24) is 9.97 Å². The zero-order valence-electron chi connectivity index (χ0n) is 13.9. The Balaban J connectivity index is 1.68. The summed E-state index contributed by atoms with van der Waals surface area (Å²) in [6, 6.07) is 17.2. The van der Waals surface area contributed by atoms with E-state index >= 15 is 0 Å². The lowest BCUT2D eigenvalue weighted by Gasteiger charge is -2.12. The van der Waals surface area contributed by atoms with E-state index in [1.807, 2.05) is 61.5 Å². The number of hydrogen-bond acceptors (Lipinski definition) is 5. The molecule has 6 heteroatoms. The van der Waals surface area contributed by atoms with Gasteiger partial charge in [-0.25, -0.2) is 4.98 Å².